The number of carboxylic acid groups (broad SMARTS) is 1. The van der Waals surface area contributed by atoms with Gasteiger partial charge in [0.05, 0.1) is 17.2 Å². The SMILES string of the molecule is O=C(O)NCC(=CF)C(O)c1ccc2nc3ccccn3c(=O)c2c1. The molecule has 3 N–H and O–H groups in total. The van der Waals surface area contributed by atoms with Gasteiger partial charge >= 0.3 is 6.09 Å². The van der Waals surface area contributed by atoms with E-state index >= 15 is 0 Å². The highest BCUT2D eigenvalue weighted by molar-refractivity contribution is 5.80. The van der Waals surface area contributed by atoms with Gasteiger partial charge in [0.25, 0.3) is 5.56 Å². The smallest absolute Gasteiger partial charge is 0.404 e. The van der Waals surface area contributed by atoms with Crippen LogP contribution in [-0.4, -0.2) is 32.2 Å². The van der Waals surface area contributed by atoms with Crippen LogP contribution in [0.15, 0.2) is 59.3 Å². The number of fused-ring (bicyclic) bond motifs is 2. The van der Waals surface area contributed by atoms with E-state index in [1.807, 2.05) is 5.32 Å². The summed E-state index contributed by atoms with van der Waals surface area (Å²) < 4.78 is 14.4. The van der Waals surface area contributed by atoms with E-state index in [1.165, 1.54) is 16.5 Å². The number of pyridine rings is 1. The maximum absolute atomic E-state index is 13.0. The maximum atomic E-state index is 13.0. The van der Waals surface area contributed by atoms with E-state index in [0.29, 0.717) is 11.2 Å². The summed E-state index contributed by atoms with van der Waals surface area (Å²) in [6, 6.07) is 9.66. The molecule has 0 radical (unpaired) electrons. The lowest BCUT2D eigenvalue weighted by atomic mass is 10.0. The van der Waals surface area contributed by atoms with Gasteiger partial charge in [-0.25, -0.2) is 14.2 Å². The first-order chi connectivity index (χ1) is 12.0. The quantitative estimate of drug-likeness (QED) is 0.629. The molecule has 25 heavy (non-hydrogen) atoms. The molecule has 0 saturated carbocycles. The second-order valence-electron chi connectivity index (χ2n) is 5.37. The third-order valence-corrected chi connectivity index (χ3v) is 3.79. The van der Waals surface area contributed by atoms with Crippen LogP contribution in [0.5, 0.6) is 0 Å². The van der Waals surface area contributed by atoms with Crippen molar-refractivity contribution in [2.45, 2.75) is 6.10 Å². The van der Waals surface area contributed by atoms with Crippen LogP contribution in [0.4, 0.5) is 9.18 Å². The van der Waals surface area contributed by atoms with Crippen LogP contribution in [-0.2, 0) is 0 Å². The molecule has 8 heteroatoms. The lowest BCUT2D eigenvalue weighted by Gasteiger charge is -2.15. The number of hydrogen-bond acceptors (Lipinski definition) is 4. The fourth-order valence-electron chi connectivity index (χ4n) is 2.53. The minimum Gasteiger partial charge on any atom is -0.465 e. The summed E-state index contributed by atoms with van der Waals surface area (Å²) in [7, 11) is 0. The zero-order valence-corrected chi connectivity index (χ0v) is 12.9. The van der Waals surface area contributed by atoms with Crippen LogP contribution in [0.3, 0.4) is 0 Å². The van der Waals surface area contributed by atoms with E-state index in [2.05, 4.69) is 4.98 Å². The Morgan fingerprint density at radius 1 is 1.36 bits per heavy atom. The van der Waals surface area contributed by atoms with Gasteiger partial charge < -0.3 is 15.5 Å². The Kier molecular flexibility index (Phi) is 4.44. The molecule has 1 unspecified atom stereocenters. The average molecular weight is 343 g/mol. The number of nitrogens with zero attached hydrogens (tertiary/aromatic N) is 2. The molecule has 3 rings (SSSR count). The van der Waals surface area contributed by atoms with Crippen molar-refractivity contribution in [2.24, 2.45) is 0 Å². The Bertz CT molecular complexity index is 1040. The molecule has 2 aromatic heterocycles. The third kappa shape index (κ3) is 3.20. The lowest BCUT2D eigenvalue weighted by Crippen LogP contribution is -2.25. The molecule has 3 aromatic rings. The van der Waals surface area contributed by atoms with Crippen LogP contribution in [0.1, 0.15) is 11.7 Å². The Morgan fingerprint density at radius 2 is 2.16 bits per heavy atom. The standard InChI is InChI=1S/C17H14FN3O4/c18-8-11(9-19-17(24)25)15(22)10-4-5-13-12(7-10)16(23)21-6-2-1-3-14(21)20-13/h1-8,15,19,22H,9H2,(H,24,25). The summed E-state index contributed by atoms with van der Waals surface area (Å²) in [5.41, 5.74) is 0.711. The number of aliphatic hydroxyl groups is 1. The van der Waals surface area contributed by atoms with E-state index in [0.717, 1.165) is 0 Å². The lowest BCUT2D eigenvalue weighted by molar-refractivity contribution is 0.190. The molecule has 0 aliphatic heterocycles. The Balaban J connectivity index is 2.05. The van der Waals surface area contributed by atoms with Crippen LogP contribution in [0.2, 0.25) is 0 Å². The van der Waals surface area contributed by atoms with Crippen LogP contribution >= 0.6 is 0 Å². The van der Waals surface area contributed by atoms with Gasteiger partial charge in [-0.05, 0) is 29.8 Å². The molecule has 0 fully saturated rings. The van der Waals surface area contributed by atoms with Crippen molar-refractivity contribution in [2.75, 3.05) is 6.54 Å². The fraction of sp³-hybridized carbons (Fsp3) is 0.118. The Morgan fingerprint density at radius 3 is 2.88 bits per heavy atom. The van der Waals surface area contributed by atoms with Crippen molar-refractivity contribution >= 4 is 22.6 Å². The third-order valence-electron chi connectivity index (χ3n) is 3.79. The Hall–Kier alpha value is -3.26. The zero-order valence-electron chi connectivity index (χ0n) is 12.9. The van der Waals surface area contributed by atoms with Gasteiger partial charge in [-0.2, -0.15) is 0 Å². The van der Waals surface area contributed by atoms with E-state index in [9.17, 15) is 19.1 Å². The van der Waals surface area contributed by atoms with E-state index < -0.39 is 12.2 Å². The first kappa shape index (κ1) is 16.6. The van der Waals surface area contributed by atoms with Crippen molar-refractivity contribution in [3.63, 3.8) is 0 Å². The summed E-state index contributed by atoms with van der Waals surface area (Å²) in [5.74, 6) is 0. The van der Waals surface area contributed by atoms with Crippen molar-refractivity contribution in [1.82, 2.24) is 14.7 Å². The molecular weight excluding hydrogens is 329 g/mol. The molecular formula is C17H14FN3O4. The van der Waals surface area contributed by atoms with Gasteiger partial charge in [0, 0.05) is 18.3 Å². The summed E-state index contributed by atoms with van der Waals surface area (Å²) in [4.78, 5) is 27.5. The van der Waals surface area contributed by atoms with Gasteiger partial charge in [-0.1, -0.05) is 12.1 Å². The minimum atomic E-state index is -1.39. The molecule has 0 aliphatic rings. The van der Waals surface area contributed by atoms with E-state index in [1.54, 1.807) is 30.5 Å². The van der Waals surface area contributed by atoms with E-state index in [-0.39, 0.29) is 35.0 Å². The summed E-state index contributed by atoms with van der Waals surface area (Å²) in [6.45, 7) is -0.375. The van der Waals surface area contributed by atoms with Gasteiger partial charge in [0.15, 0.2) is 0 Å². The molecule has 1 atom stereocenters. The molecule has 1 amide bonds. The second kappa shape index (κ2) is 6.70. The summed E-state index contributed by atoms with van der Waals surface area (Å²) in [5, 5.41) is 21.1. The van der Waals surface area contributed by atoms with Gasteiger partial charge in [-0.15, -0.1) is 0 Å². The second-order valence-corrected chi connectivity index (χ2v) is 5.37. The highest BCUT2D eigenvalue weighted by atomic mass is 19.1. The highest BCUT2D eigenvalue weighted by Crippen LogP contribution is 2.24. The highest BCUT2D eigenvalue weighted by Gasteiger charge is 2.16. The zero-order chi connectivity index (χ0) is 18.0. The molecule has 0 saturated heterocycles. The maximum Gasteiger partial charge on any atom is 0.404 e. The number of carbonyl (C=O) groups is 1. The largest absolute Gasteiger partial charge is 0.465 e. The van der Waals surface area contributed by atoms with Crippen LogP contribution in [0, 0.1) is 0 Å². The van der Waals surface area contributed by atoms with Crippen LogP contribution in [0.25, 0.3) is 16.6 Å². The molecule has 2 heterocycles. The van der Waals surface area contributed by atoms with Crippen molar-refractivity contribution in [3.8, 4) is 0 Å². The normalized spacial score (nSPS) is 13.1. The summed E-state index contributed by atoms with van der Waals surface area (Å²) >= 11 is 0. The molecule has 7 nitrogen and oxygen atoms in total. The number of benzene rings is 1. The first-order valence-corrected chi connectivity index (χ1v) is 7.36. The number of amides is 1. The van der Waals surface area contributed by atoms with E-state index in [4.69, 9.17) is 5.11 Å². The number of hydrogen-bond donors (Lipinski definition) is 3. The first-order valence-electron chi connectivity index (χ1n) is 7.36. The van der Waals surface area contributed by atoms with Crippen molar-refractivity contribution in [3.05, 3.63) is 70.4 Å². The number of halogens is 1. The minimum absolute atomic E-state index is 0.149. The van der Waals surface area contributed by atoms with Crippen LogP contribution < -0.4 is 10.9 Å². The monoisotopic (exact) mass is 343 g/mol. The molecule has 0 aliphatic carbocycles. The average Bonchev–Trinajstić information content (AvgIpc) is 2.62. The fourth-order valence-corrected chi connectivity index (χ4v) is 2.53. The molecule has 0 spiro atoms. The number of aliphatic hydroxyl groups excluding tert-OH is 1. The number of rotatable bonds is 4. The van der Waals surface area contributed by atoms with Gasteiger partial charge in [-0.3, -0.25) is 9.20 Å². The van der Waals surface area contributed by atoms with Gasteiger partial charge in [0.2, 0.25) is 0 Å². The van der Waals surface area contributed by atoms with Gasteiger partial charge in [0.1, 0.15) is 11.8 Å². The molecule has 1 aromatic carbocycles. The van der Waals surface area contributed by atoms with Crippen molar-refractivity contribution in [1.29, 1.82) is 0 Å². The molecule has 128 valence electrons. The Labute approximate surface area is 140 Å². The summed E-state index contributed by atoms with van der Waals surface area (Å²) in [6.07, 6.45) is -0.996. The molecule has 0 bridgehead atoms. The van der Waals surface area contributed by atoms with Crippen molar-refractivity contribution < 1.29 is 19.4 Å². The number of nitrogens with one attached hydrogen (secondary N) is 1. The predicted molar refractivity (Wildman–Crippen MR) is 89.1 cm³/mol. The number of aromatic nitrogens is 2. The topological polar surface area (TPSA) is 104 Å². The predicted octanol–water partition coefficient (Wildman–Crippen LogP) is 2.00.